The molecule has 3 rings (SSSR count). The third-order valence-electron chi connectivity index (χ3n) is 4.88. The van der Waals surface area contributed by atoms with Crippen molar-refractivity contribution in [3.63, 3.8) is 0 Å². The van der Waals surface area contributed by atoms with Gasteiger partial charge in [0.1, 0.15) is 5.02 Å². The smallest absolute Gasteiger partial charge is 0.266 e. The lowest BCUT2D eigenvalue weighted by Crippen LogP contribution is -2.46. The summed E-state index contributed by atoms with van der Waals surface area (Å²) in [5.41, 5.74) is 0.0913. The van der Waals surface area contributed by atoms with E-state index in [9.17, 15) is 9.59 Å². The fourth-order valence-electron chi connectivity index (χ4n) is 3.47. The molecule has 1 N–H and O–H groups in total. The van der Waals surface area contributed by atoms with Gasteiger partial charge in [0.15, 0.2) is 0 Å². The molecule has 1 atom stereocenters. The molecule has 0 bridgehead atoms. The van der Waals surface area contributed by atoms with Crippen molar-refractivity contribution in [2.24, 2.45) is 0 Å². The summed E-state index contributed by atoms with van der Waals surface area (Å²) in [6, 6.07) is 1.72. The number of piperidine rings is 1. The van der Waals surface area contributed by atoms with E-state index in [-0.39, 0.29) is 22.5 Å². The second kappa shape index (κ2) is 8.14. The first-order valence-corrected chi connectivity index (χ1v) is 9.02. The third-order valence-corrected chi connectivity index (χ3v) is 5.16. The van der Waals surface area contributed by atoms with Crippen LogP contribution in [0.3, 0.4) is 0 Å². The van der Waals surface area contributed by atoms with Crippen LogP contribution in [0.4, 0.5) is 0 Å². The number of amides is 1. The van der Waals surface area contributed by atoms with E-state index in [1.54, 1.807) is 0 Å². The predicted molar refractivity (Wildman–Crippen MR) is 92.6 cm³/mol. The van der Waals surface area contributed by atoms with Crippen LogP contribution in [0.5, 0.6) is 0 Å². The molecular formula is C17H24ClN3O3. The van der Waals surface area contributed by atoms with Gasteiger partial charge in [0.05, 0.1) is 18.8 Å². The molecule has 0 aromatic carbocycles. The van der Waals surface area contributed by atoms with E-state index in [0.717, 1.165) is 65.1 Å². The Bertz CT molecular complexity index is 628. The summed E-state index contributed by atoms with van der Waals surface area (Å²) < 4.78 is 5.38. The van der Waals surface area contributed by atoms with E-state index < -0.39 is 0 Å². The Hall–Kier alpha value is -1.37. The standard InChI is InChI=1S/C17H24ClN3O3/c18-15-11-13(12-19-16(15)22)17(23)21-5-2-1-3-14(21)4-6-20-7-9-24-10-8-20/h11-12,14H,1-10H2,(H,19,22)/t14-/m1/s1. The lowest BCUT2D eigenvalue weighted by atomic mass is 9.98. The molecule has 2 aliphatic heterocycles. The molecular weight excluding hydrogens is 330 g/mol. The number of halogens is 1. The topological polar surface area (TPSA) is 65.6 Å². The van der Waals surface area contributed by atoms with Crippen molar-refractivity contribution in [3.05, 3.63) is 33.2 Å². The minimum Gasteiger partial charge on any atom is -0.379 e. The van der Waals surface area contributed by atoms with E-state index in [1.165, 1.54) is 12.3 Å². The summed E-state index contributed by atoms with van der Waals surface area (Å²) in [5.74, 6) is -0.0418. The Morgan fingerprint density at radius 3 is 2.83 bits per heavy atom. The molecule has 2 aliphatic rings. The lowest BCUT2D eigenvalue weighted by molar-refractivity contribution is 0.0295. The summed E-state index contributed by atoms with van der Waals surface area (Å²) >= 11 is 5.86. The van der Waals surface area contributed by atoms with Gasteiger partial charge in [-0.2, -0.15) is 0 Å². The van der Waals surface area contributed by atoms with Gasteiger partial charge < -0.3 is 14.6 Å². The highest BCUT2D eigenvalue weighted by atomic mass is 35.5. The van der Waals surface area contributed by atoms with Gasteiger partial charge in [-0.05, 0) is 31.7 Å². The number of hydrogen-bond donors (Lipinski definition) is 1. The molecule has 2 saturated heterocycles. The number of likely N-dealkylation sites (tertiary alicyclic amines) is 1. The van der Waals surface area contributed by atoms with Crippen LogP contribution in [0.1, 0.15) is 36.0 Å². The van der Waals surface area contributed by atoms with Crippen LogP contribution in [-0.2, 0) is 4.74 Å². The van der Waals surface area contributed by atoms with Crippen molar-refractivity contribution in [1.29, 1.82) is 0 Å². The molecule has 0 radical (unpaired) electrons. The molecule has 0 aliphatic carbocycles. The first kappa shape index (κ1) is 17.5. The van der Waals surface area contributed by atoms with Gasteiger partial charge in [-0.15, -0.1) is 0 Å². The summed E-state index contributed by atoms with van der Waals surface area (Å²) in [6.45, 7) is 5.28. The van der Waals surface area contributed by atoms with Gasteiger partial charge in [0, 0.05) is 38.4 Å². The second-order valence-corrected chi connectivity index (χ2v) is 6.86. The highest BCUT2D eigenvalue weighted by Crippen LogP contribution is 2.22. The molecule has 1 aromatic rings. The van der Waals surface area contributed by atoms with Crippen molar-refractivity contribution >= 4 is 17.5 Å². The van der Waals surface area contributed by atoms with Gasteiger partial charge in [-0.25, -0.2) is 0 Å². The van der Waals surface area contributed by atoms with Crippen molar-refractivity contribution in [3.8, 4) is 0 Å². The molecule has 6 nitrogen and oxygen atoms in total. The Kier molecular flexibility index (Phi) is 5.92. The van der Waals surface area contributed by atoms with Crippen LogP contribution in [0, 0.1) is 0 Å². The van der Waals surface area contributed by atoms with Crippen LogP contribution < -0.4 is 5.56 Å². The van der Waals surface area contributed by atoms with E-state index >= 15 is 0 Å². The van der Waals surface area contributed by atoms with Gasteiger partial charge in [-0.1, -0.05) is 11.6 Å². The molecule has 132 valence electrons. The minimum absolute atomic E-state index is 0.0418. The fraction of sp³-hybridized carbons (Fsp3) is 0.647. The largest absolute Gasteiger partial charge is 0.379 e. The number of nitrogens with zero attached hydrogens (tertiary/aromatic N) is 2. The van der Waals surface area contributed by atoms with Crippen molar-refractivity contribution in [2.45, 2.75) is 31.7 Å². The fourth-order valence-corrected chi connectivity index (χ4v) is 3.64. The number of H-pyrrole nitrogens is 1. The van der Waals surface area contributed by atoms with Crippen molar-refractivity contribution < 1.29 is 9.53 Å². The number of carbonyl (C=O) groups excluding carboxylic acids is 1. The first-order valence-electron chi connectivity index (χ1n) is 8.64. The van der Waals surface area contributed by atoms with Gasteiger partial charge in [0.2, 0.25) is 0 Å². The first-order chi connectivity index (χ1) is 11.6. The van der Waals surface area contributed by atoms with E-state index in [1.807, 2.05) is 4.90 Å². The zero-order chi connectivity index (χ0) is 16.9. The van der Waals surface area contributed by atoms with Crippen molar-refractivity contribution in [1.82, 2.24) is 14.8 Å². The Morgan fingerprint density at radius 1 is 1.29 bits per heavy atom. The quantitative estimate of drug-likeness (QED) is 0.895. The van der Waals surface area contributed by atoms with E-state index in [0.29, 0.717) is 5.56 Å². The Balaban J connectivity index is 1.65. The average molecular weight is 354 g/mol. The number of aromatic amines is 1. The van der Waals surface area contributed by atoms with Crippen LogP contribution in [0.25, 0.3) is 0 Å². The number of pyridine rings is 1. The zero-order valence-corrected chi connectivity index (χ0v) is 14.6. The normalized spacial score (nSPS) is 22.5. The molecule has 7 heteroatoms. The van der Waals surface area contributed by atoms with Gasteiger partial charge >= 0.3 is 0 Å². The number of hydrogen-bond acceptors (Lipinski definition) is 4. The maximum absolute atomic E-state index is 12.8. The highest BCUT2D eigenvalue weighted by molar-refractivity contribution is 6.30. The molecule has 2 fully saturated rings. The van der Waals surface area contributed by atoms with E-state index in [2.05, 4.69) is 9.88 Å². The highest BCUT2D eigenvalue weighted by Gasteiger charge is 2.28. The maximum Gasteiger partial charge on any atom is 0.266 e. The summed E-state index contributed by atoms with van der Waals surface area (Å²) in [5, 5.41) is 0.0581. The number of carbonyl (C=O) groups is 1. The number of nitrogens with one attached hydrogen (secondary N) is 1. The summed E-state index contributed by atoms with van der Waals surface area (Å²) in [7, 11) is 0. The summed E-state index contributed by atoms with van der Waals surface area (Å²) in [6.07, 6.45) is 5.65. The SMILES string of the molecule is O=C(c1c[nH]c(=O)c(Cl)c1)N1CCCC[C@@H]1CCN1CCOCC1. The third kappa shape index (κ3) is 4.18. The van der Waals surface area contributed by atoms with Crippen LogP contribution in [0.2, 0.25) is 5.02 Å². The molecule has 0 spiro atoms. The number of ether oxygens (including phenoxy) is 1. The molecule has 1 amide bonds. The second-order valence-electron chi connectivity index (χ2n) is 6.46. The number of morpholine rings is 1. The Labute approximate surface area is 146 Å². The molecule has 0 unspecified atom stereocenters. The average Bonchev–Trinajstić information content (AvgIpc) is 2.63. The molecule has 0 saturated carbocycles. The molecule has 24 heavy (non-hydrogen) atoms. The van der Waals surface area contributed by atoms with Crippen LogP contribution in [0.15, 0.2) is 17.1 Å². The summed E-state index contributed by atoms with van der Waals surface area (Å²) in [4.78, 5) is 31.1. The lowest BCUT2D eigenvalue weighted by Gasteiger charge is -2.37. The van der Waals surface area contributed by atoms with Crippen LogP contribution >= 0.6 is 11.6 Å². The number of aromatic nitrogens is 1. The molecule has 1 aromatic heterocycles. The van der Waals surface area contributed by atoms with Crippen molar-refractivity contribution in [2.75, 3.05) is 39.4 Å². The monoisotopic (exact) mass is 353 g/mol. The van der Waals surface area contributed by atoms with Gasteiger partial charge in [-0.3, -0.25) is 14.5 Å². The predicted octanol–water partition coefficient (Wildman–Crippen LogP) is 1.75. The van der Waals surface area contributed by atoms with Crippen LogP contribution in [-0.4, -0.2) is 66.1 Å². The maximum atomic E-state index is 12.8. The van der Waals surface area contributed by atoms with Gasteiger partial charge in [0.25, 0.3) is 11.5 Å². The minimum atomic E-state index is -0.365. The number of rotatable bonds is 4. The Morgan fingerprint density at radius 2 is 2.08 bits per heavy atom. The zero-order valence-electron chi connectivity index (χ0n) is 13.8. The van der Waals surface area contributed by atoms with E-state index in [4.69, 9.17) is 16.3 Å². The molecule has 3 heterocycles.